The predicted octanol–water partition coefficient (Wildman–Crippen LogP) is 0.128. The van der Waals surface area contributed by atoms with E-state index in [0.717, 1.165) is 39.0 Å². The number of rotatable bonds is 61. The van der Waals surface area contributed by atoms with Crippen LogP contribution in [-0.2, 0) is 97.7 Å². The number of aliphatic hydroxyl groups is 1. The fourth-order valence-corrected chi connectivity index (χ4v) is 13.0. The number of phenolic OH excluding ortho intramolecular Hbond substituents is 2. The number of carboxylic acids is 1. The van der Waals surface area contributed by atoms with Crippen molar-refractivity contribution in [3.8, 4) is 11.5 Å². The van der Waals surface area contributed by atoms with Gasteiger partial charge in [-0.25, -0.2) is 9.48 Å². The Balaban J connectivity index is 1.52. The molecule has 0 fully saturated rings. The van der Waals surface area contributed by atoms with Gasteiger partial charge in [-0.3, -0.25) is 72.5 Å². The van der Waals surface area contributed by atoms with Crippen LogP contribution in [0.1, 0.15) is 210 Å². The maximum atomic E-state index is 14.6. The number of nitrogens with two attached hydrogens (primary N) is 4. The highest BCUT2D eigenvalue weighted by atomic mass is 16.4. The zero-order valence-corrected chi connectivity index (χ0v) is 69.4. The summed E-state index contributed by atoms with van der Waals surface area (Å²) in [7, 11) is 0. The fourth-order valence-electron chi connectivity index (χ4n) is 13.0. The van der Waals surface area contributed by atoms with Crippen molar-refractivity contribution in [2.45, 2.75) is 268 Å². The van der Waals surface area contributed by atoms with E-state index in [-0.39, 0.29) is 126 Å². The molecule has 0 unspecified atom stereocenters. The number of hydrogen-bond acceptors (Lipinski definition) is 21. The molecule has 3 aromatic carbocycles. The first-order valence-electron chi connectivity index (χ1n) is 41.2. The minimum Gasteiger partial charge on any atom is -0.508 e. The van der Waals surface area contributed by atoms with Crippen molar-refractivity contribution in [2.75, 3.05) is 19.7 Å². The molecular weight excluding hydrogens is 1570 g/mol. The Bertz CT molecular complexity index is 4020. The van der Waals surface area contributed by atoms with Gasteiger partial charge in [-0.1, -0.05) is 158 Å². The summed E-state index contributed by atoms with van der Waals surface area (Å²) >= 11 is 0. The molecule has 1 heterocycles. The van der Waals surface area contributed by atoms with Crippen LogP contribution in [0.2, 0.25) is 0 Å². The van der Waals surface area contributed by atoms with Gasteiger partial charge in [0, 0.05) is 52.1 Å². The first-order chi connectivity index (χ1) is 57.6. The SMILES string of the molecule is CCCCCCCCCCCCCCCC(=O)N[C@@H](CCC(=O)NCCCC[C@H](NC(=O)[C@H](CC(N)=O)NC(=O)[C@H](Cc1ccc(O)cc1)NC(C)=O)C(=O)N[C@@H](CC(N)=O)C(=O)N[C@@H](CO)C(=O)N[C@@H](Cc1ccccc1)C(=O)NCc1cn([C@@H](CC(C)C)C(=O)N[C@@H](CCCNC(=N)N)C(=O)N[C@@H](Cc2ccc(O)cc2)C(N)=O)nn1)C(=O)O. The Morgan fingerprint density at radius 3 is 1.37 bits per heavy atom. The normalized spacial score (nSPS) is 13.5. The minimum atomic E-state index is -1.99. The fraction of sp³-hybridized carbons (Fsp3) is 0.561. The van der Waals surface area contributed by atoms with Gasteiger partial charge < -0.3 is 107 Å². The maximum Gasteiger partial charge on any atom is 0.326 e. The lowest BCUT2D eigenvalue weighted by molar-refractivity contribution is -0.142. The molecule has 0 saturated heterocycles. The van der Waals surface area contributed by atoms with E-state index < -0.39 is 169 Å². The number of aliphatic hydroxyl groups excluding tert-OH is 1. The summed E-state index contributed by atoms with van der Waals surface area (Å²) in [4.78, 5) is 202. The van der Waals surface area contributed by atoms with Crippen molar-refractivity contribution >= 4 is 94.6 Å². The van der Waals surface area contributed by atoms with Gasteiger partial charge in [0.1, 0.15) is 77.6 Å². The smallest absolute Gasteiger partial charge is 0.326 e. The quantitative estimate of drug-likeness (QED) is 0.0159. The molecular formula is C82H124N20O19. The Kier molecular flexibility index (Phi) is 46.3. The summed E-state index contributed by atoms with van der Waals surface area (Å²) in [5.41, 5.74) is 23.9. The lowest BCUT2D eigenvalue weighted by Gasteiger charge is -2.27. The van der Waals surface area contributed by atoms with Gasteiger partial charge >= 0.3 is 5.97 Å². The van der Waals surface area contributed by atoms with Crippen molar-refractivity contribution in [1.29, 1.82) is 5.41 Å². The second-order valence-electron chi connectivity index (χ2n) is 30.4. The van der Waals surface area contributed by atoms with E-state index in [0.29, 0.717) is 23.1 Å². The topological polar surface area (TPSA) is 640 Å². The number of aliphatic carboxylic acids is 1. The monoisotopic (exact) mass is 1690 g/mol. The molecule has 0 spiro atoms. The van der Waals surface area contributed by atoms with E-state index in [4.69, 9.17) is 28.3 Å². The summed E-state index contributed by atoms with van der Waals surface area (Å²) in [5.74, 6) is -15.1. The van der Waals surface area contributed by atoms with E-state index in [9.17, 15) is 92.3 Å². The predicted molar refractivity (Wildman–Crippen MR) is 444 cm³/mol. The first-order valence-corrected chi connectivity index (χ1v) is 41.2. The number of unbranched alkanes of at least 4 members (excludes halogenated alkanes) is 13. The van der Waals surface area contributed by atoms with Gasteiger partial charge in [0.2, 0.25) is 82.7 Å². The standard InChI is InChI=1S/C82H124N20O19/c1-5-6-7-8-9-10-11-12-13-14-15-16-20-28-71(110)92-60(81(120)121)37-38-70(109)88-39-22-21-26-58(93-77(116)64(45-68(83)107)98-76(115)63(91-51(4)104)44-54-31-35-57(106)36-32-54)75(114)97-65(46-69(84)108)78(117)99-66(49-103)79(118)96-62(43-52-24-18-17-19-25-52)73(112)90-47-55-48-102(101-100-55)67(41-50(2)3)80(119)94-59(27-23-40-89-82(86)87)74(113)95-61(72(85)111)42-53-29-33-56(105)34-30-53/h17-19,24-25,29-36,48,50,58-67,103,105-106H,5-16,20-23,26-28,37-47,49H2,1-4H3,(H2,83,107)(H2,84,108)(H2,85,111)(H,88,109)(H,90,112)(H,91,104)(H,92,110)(H,93,116)(H,94,119)(H,95,113)(H,96,118)(H,97,114)(H,98,115)(H,99,117)(H,120,121)(H4,86,87,89)/t58-,59-,60-,61-,62-,63-,64-,65-,66-,67-/m0/s1. The van der Waals surface area contributed by atoms with Crippen LogP contribution in [0.5, 0.6) is 11.5 Å². The van der Waals surface area contributed by atoms with Crippen LogP contribution in [-0.4, -0.2) is 204 Å². The molecule has 4 rings (SSSR count). The van der Waals surface area contributed by atoms with Crippen LogP contribution < -0.4 is 86.7 Å². The van der Waals surface area contributed by atoms with E-state index in [2.05, 4.69) is 81.0 Å². The number of carbonyl (C=O) groups is 15. The summed E-state index contributed by atoms with van der Waals surface area (Å²) < 4.78 is 1.23. The molecule has 1 aromatic heterocycles. The highest BCUT2D eigenvalue weighted by Gasteiger charge is 2.37. The van der Waals surface area contributed by atoms with Crippen LogP contribution >= 0.6 is 0 Å². The first kappa shape index (κ1) is 101. The van der Waals surface area contributed by atoms with Gasteiger partial charge in [-0.2, -0.15) is 0 Å². The number of amides is 14. The van der Waals surface area contributed by atoms with Gasteiger partial charge in [0.15, 0.2) is 5.96 Å². The Morgan fingerprint density at radius 1 is 0.438 bits per heavy atom. The van der Waals surface area contributed by atoms with Gasteiger partial charge in [-0.05, 0) is 98.2 Å². The number of primary amides is 3. The number of hydrogen-bond donors (Lipinski definition) is 21. The summed E-state index contributed by atoms with van der Waals surface area (Å²) in [6.07, 6.45) is 13.0. The molecule has 666 valence electrons. The molecule has 0 aliphatic heterocycles. The second-order valence-corrected chi connectivity index (χ2v) is 30.4. The van der Waals surface area contributed by atoms with Crippen molar-refractivity contribution < 1.29 is 92.3 Å². The van der Waals surface area contributed by atoms with Crippen LogP contribution in [0.4, 0.5) is 0 Å². The number of guanidine groups is 1. The Labute approximate surface area is 703 Å². The molecule has 39 heteroatoms. The number of phenols is 2. The average Bonchev–Trinajstić information content (AvgIpc) is 1.77. The van der Waals surface area contributed by atoms with Crippen molar-refractivity contribution in [2.24, 2.45) is 28.9 Å². The Morgan fingerprint density at radius 2 is 0.876 bits per heavy atom. The maximum absolute atomic E-state index is 14.6. The second kappa shape index (κ2) is 55.4. The van der Waals surface area contributed by atoms with Gasteiger partial charge in [0.05, 0.1) is 32.2 Å². The van der Waals surface area contributed by atoms with E-state index in [1.54, 1.807) is 42.5 Å². The molecule has 4 aromatic rings. The largest absolute Gasteiger partial charge is 0.508 e. The highest BCUT2D eigenvalue weighted by Crippen LogP contribution is 2.21. The zero-order chi connectivity index (χ0) is 89.3. The van der Waals surface area contributed by atoms with Gasteiger partial charge in [-0.15, -0.1) is 5.10 Å². The molecule has 39 nitrogen and oxygen atoms in total. The van der Waals surface area contributed by atoms with E-state index >= 15 is 0 Å². The van der Waals surface area contributed by atoms with Crippen molar-refractivity contribution in [1.82, 2.24) is 78.8 Å². The third-order valence-electron chi connectivity index (χ3n) is 19.5. The molecule has 25 N–H and O–H groups in total. The lowest BCUT2D eigenvalue weighted by atomic mass is 10.0. The molecule has 121 heavy (non-hydrogen) atoms. The number of nitrogens with one attached hydrogen (secondary N) is 13. The molecule has 14 amide bonds. The van der Waals surface area contributed by atoms with Gasteiger partial charge in [0.25, 0.3) is 0 Å². The molecule has 10 atom stereocenters. The van der Waals surface area contributed by atoms with Crippen molar-refractivity contribution in [3.05, 3.63) is 107 Å². The molecule has 0 aliphatic rings. The van der Waals surface area contributed by atoms with Crippen LogP contribution in [0, 0.1) is 11.3 Å². The van der Waals surface area contributed by atoms with E-state index in [1.807, 2.05) is 13.8 Å². The van der Waals surface area contributed by atoms with Crippen LogP contribution in [0.25, 0.3) is 0 Å². The molecule has 0 aliphatic carbocycles. The number of aromatic hydroxyl groups is 2. The number of benzene rings is 3. The van der Waals surface area contributed by atoms with Crippen LogP contribution in [0.15, 0.2) is 85.1 Å². The average molecular weight is 1690 g/mol. The van der Waals surface area contributed by atoms with E-state index in [1.165, 1.54) is 92.2 Å². The Hall–Kier alpha value is -12.3. The highest BCUT2D eigenvalue weighted by molar-refractivity contribution is 6.00. The molecule has 0 radical (unpaired) electrons. The lowest BCUT2D eigenvalue weighted by Crippen LogP contribution is -2.61. The summed E-state index contributed by atoms with van der Waals surface area (Å²) in [6, 6.07) is 4.38. The number of carbonyl (C=O) groups excluding carboxylic acids is 14. The third-order valence-corrected chi connectivity index (χ3v) is 19.5. The molecule has 0 saturated carbocycles. The summed E-state index contributed by atoms with van der Waals surface area (Å²) in [6.45, 7) is 5.49. The third kappa shape index (κ3) is 41.3. The summed E-state index contributed by atoms with van der Waals surface area (Å²) in [5, 5.41) is 86.3. The number of carboxylic acid groups (broad SMARTS) is 1. The van der Waals surface area contributed by atoms with Crippen LogP contribution in [0.3, 0.4) is 0 Å². The number of nitrogens with zero attached hydrogens (tertiary/aromatic N) is 3. The number of aromatic nitrogens is 3. The minimum absolute atomic E-state index is 0.0102. The zero-order valence-electron chi connectivity index (χ0n) is 69.4. The molecule has 0 bridgehead atoms. The van der Waals surface area contributed by atoms with Crippen molar-refractivity contribution in [3.63, 3.8) is 0 Å².